The number of halogens is 7. The van der Waals surface area contributed by atoms with Gasteiger partial charge in [0.15, 0.2) is 6.29 Å². The number of fused-ring (bicyclic) bond motifs is 1. The first-order valence-corrected chi connectivity index (χ1v) is 13.2. The fourth-order valence-electron chi connectivity index (χ4n) is 6.14. The van der Waals surface area contributed by atoms with Gasteiger partial charge >= 0.3 is 12.4 Å². The van der Waals surface area contributed by atoms with E-state index in [2.05, 4.69) is 4.90 Å². The third kappa shape index (κ3) is 6.44. The van der Waals surface area contributed by atoms with Crippen molar-refractivity contribution < 1.29 is 40.2 Å². The summed E-state index contributed by atoms with van der Waals surface area (Å²) in [4.78, 5) is 2.32. The Labute approximate surface area is 228 Å². The molecule has 2 saturated heterocycles. The summed E-state index contributed by atoms with van der Waals surface area (Å²) >= 11 is 0. The summed E-state index contributed by atoms with van der Waals surface area (Å²) in [5, 5.41) is 0. The van der Waals surface area contributed by atoms with E-state index < -0.39 is 35.9 Å². The van der Waals surface area contributed by atoms with Crippen LogP contribution in [0.3, 0.4) is 0 Å². The van der Waals surface area contributed by atoms with E-state index in [0.717, 1.165) is 25.2 Å². The Morgan fingerprint density at radius 1 is 0.975 bits per heavy atom. The Hall–Kier alpha value is -2.69. The van der Waals surface area contributed by atoms with E-state index in [4.69, 9.17) is 9.47 Å². The first kappa shape index (κ1) is 28.8. The molecule has 0 N–H and O–H groups in total. The molecular formula is C30H30F7NO2. The van der Waals surface area contributed by atoms with Crippen LogP contribution in [0, 0.1) is 23.7 Å². The molecular weight excluding hydrogens is 539 g/mol. The molecule has 6 atom stereocenters. The summed E-state index contributed by atoms with van der Waals surface area (Å²) in [6.45, 7) is 4.01. The van der Waals surface area contributed by atoms with Gasteiger partial charge in [-0.2, -0.15) is 26.3 Å². The zero-order valence-corrected chi connectivity index (χ0v) is 21.8. The molecule has 0 saturated carbocycles. The molecule has 2 aromatic carbocycles. The van der Waals surface area contributed by atoms with Gasteiger partial charge in [-0.25, -0.2) is 4.39 Å². The maximum absolute atomic E-state index is 13.8. The molecule has 5 rings (SSSR count). The van der Waals surface area contributed by atoms with Crippen molar-refractivity contribution in [2.75, 3.05) is 19.7 Å². The molecule has 2 aliphatic heterocycles. The van der Waals surface area contributed by atoms with Crippen molar-refractivity contribution in [1.82, 2.24) is 4.90 Å². The quantitative estimate of drug-likeness (QED) is 0.330. The minimum Gasteiger partial charge on any atom is -0.352 e. The Morgan fingerprint density at radius 2 is 1.65 bits per heavy atom. The van der Waals surface area contributed by atoms with Gasteiger partial charge in [0.05, 0.1) is 23.8 Å². The first-order chi connectivity index (χ1) is 18.9. The van der Waals surface area contributed by atoms with Crippen LogP contribution in [0.2, 0.25) is 0 Å². The van der Waals surface area contributed by atoms with E-state index in [1.54, 1.807) is 6.08 Å². The highest BCUT2D eigenvalue weighted by molar-refractivity contribution is 5.34. The summed E-state index contributed by atoms with van der Waals surface area (Å²) < 4.78 is 107. The maximum Gasteiger partial charge on any atom is 0.416 e. The second kappa shape index (κ2) is 11.3. The van der Waals surface area contributed by atoms with Gasteiger partial charge in [-0.15, -0.1) is 0 Å². The largest absolute Gasteiger partial charge is 0.416 e. The van der Waals surface area contributed by atoms with Crippen molar-refractivity contribution in [2.45, 2.75) is 44.6 Å². The van der Waals surface area contributed by atoms with Crippen LogP contribution >= 0.6 is 0 Å². The molecule has 2 heterocycles. The molecule has 2 aromatic rings. The van der Waals surface area contributed by atoms with Gasteiger partial charge in [-0.1, -0.05) is 36.4 Å². The number of benzene rings is 2. The highest BCUT2D eigenvalue weighted by Crippen LogP contribution is 2.46. The third-order valence-corrected chi connectivity index (χ3v) is 8.10. The smallest absolute Gasteiger partial charge is 0.352 e. The molecule has 2 unspecified atom stereocenters. The zero-order valence-electron chi connectivity index (χ0n) is 21.8. The molecule has 1 aliphatic carbocycles. The lowest BCUT2D eigenvalue weighted by molar-refractivity contribution is -0.243. The lowest BCUT2D eigenvalue weighted by Crippen LogP contribution is -2.46. The van der Waals surface area contributed by atoms with Gasteiger partial charge in [0.2, 0.25) is 0 Å². The lowest BCUT2D eigenvalue weighted by atomic mass is 9.72. The Kier molecular flexibility index (Phi) is 8.14. The minimum atomic E-state index is -4.96. The molecule has 0 spiro atoms. The van der Waals surface area contributed by atoms with Crippen LogP contribution in [0.25, 0.3) is 0 Å². The second-order valence-corrected chi connectivity index (χ2v) is 10.8. The average Bonchev–Trinajstić information content (AvgIpc) is 3.31. The number of likely N-dealkylation sites (tertiary alicyclic amines) is 1. The molecule has 0 amide bonds. The van der Waals surface area contributed by atoms with E-state index in [1.165, 1.54) is 19.1 Å². The van der Waals surface area contributed by atoms with Gasteiger partial charge in [0.1, 0.15) is 5.83 Å². The minimum absolute atomic E-state index is 0.0890. The van der Waals surface area contributed by atoms with Crippen molar-refractivity contribution in [3.8, 4) is 0 Å². The fourth-order valence-corrected chi connectivity index (χ4v) is 6.14. The van der Waals surface area contributed by atoms with E-state index in [0.29, 0.717) is 25.2 Å². The van der Waals surface area contributed by atoms with Crippen molar-refractivity contribution in [3.05, 3.63) is 94.8 Å². The molecule has 2 fully saturated rings. The molecule has 216 valence electrons. The lowest BCUT2D eigenvalue weighted by Gasteiger charge is -2.43. The Balaban J connectivity index is 1.40. The number of rotatable bonds is 6. The van der Waals surface area contributed by atoms with Gasteiger partial charge in [0, 0.05) is 25.6 Å². The summed E-state index contributed by atoms with van der Waals surface area (Å²) in [6.07, 6.45) is -6.89. The SMILES string of the molecule is C[C@@H](OC1OC[C@@H]2CN(Cc3ccccc3)C[C@H]2C1[C@@H]1C=CC(F)=CC1)c1cc(C(F)(F)F)cc(C(F)(F)F)c1. The van der Waals surface area contributed by atoms with Crippen LogP contribution in [0.4, 0.5) is 30.7 Å². The van der Waals surface area contributed by atoms with Crippen molar-refractivity contribution in [3.63, 3.8) is 0 Å². The number of ether oxygens (including phenoxy) is 2. The first-order valence-electron chi connectivity index (χ1n) is 13.2. The van der Waals surface area contributed by atoms with Gasteiger partial charge in [-0.05, 0) is 72.6 Å². The summed E-state index contributed by atoms with van der Waals surface area (Å²) in [5.74, 6) is -0.524. The number of hydrogen-bond donors (Lipinski definition) is 0. The highest BCUT2D eigenvalue weighted by atomic mass is 19.4. The highest BCUT2D eigenvalue weighted by Gasteiger charge is 2.49. The third-order valence-electron chi connectivity index (χ3n) is 8.10. The van der Waals surface area contributed by atoms with Crippen molar-refractivity contribution in [2.24, 2.45) is 23.7 Å². The standard InChI is InChI=1S/C30H30F7NO2/c1-18(21-11-23(29(32,33)34)13-24(12-21)30(35,36)37)40-28-27(20-7-9-25(31)10-8-20)26-16-38(15-22(26)17-39-28)14-19-5-3-2-4-6-19/h2-7,9-13,18,20,22,26-28H,8,14-17H2,1H3/t18-,20-,22+,26-,27?,28?/m1/s1. The molecule has 3 nitrogen and oxygen atoms in total. The van der Waals surface area contributed by atoms with Crippen LogP contribution in [0.5, 0.6) is 0 Å². The van der Waals surface area contributed by atoms with E-state index in [9.17, 15) is 30.7 Å². The van der Waals surface area contributed by atoms with Gasteiger partial charge in [0.25, 0.3) is 0 Å². The predicted octanol–water partition coefficient (Wildman–Crippen LogP) is 7.95. The average molecular weight is 570 g/mol. The molecule has 0 aromatic heterocycles. The van der Waals surface area contributed by atoms with Crippen LogP contribution in [-0.4, -0.2) is 30.9 Å². The normalized spacial score (nSPS) is 28.3. The van der Waals surface area contributed by atoms with E-state index in [1.807, 2.05) is 30.3 Å². The zero-order chi connectivity index (χ0) is 28.7. The maximum atomic E-state index is 13.8. The molecule has 3 aliphatic rings. The van der Waals surface area contributed by atoms with Gasteiger partial charge < -0.3 is 9.47 Å². The molecule has 40 heavy (non-hydrogen) atoms. The second-order valence-electron chi connectivity index (χ2n) is 10.8. The number of allylic oxidation sites excluding steroid dienone is 4. The van der Waals surface area contributed by atoms with Crippen LogP contribution < -0.4 is 0 Å². The summed E-state index contributed by atoms with van der Waals surface area (Å²) in [5.41, 5.74) is -1.87. The van der Waals surface area contributed by atoms with Crippen LogP contribution in [0.1, 0.15) is 41.7 Å². The Morgan fingerprint density at radius 3 is 2.25 bits per heavy atom. The monoisotopic (exact) mass is 569 g/mol. The summed E-state index contributed by atoms with van der Waals surface area (Å²) in [7, 11) is 0. The summed E-state index contributed by atoms with van der Waals surface area (Å²) in [6, 6.07) is 11.5. The van der Waals surface area contributed by atoms with E-state index in [-0.39, 0.29) is 41.1 Å². The van der Waals surface area contributed by atoms with E-state index >= 15 is 0 Å². The van der Waals surface area contributed by atoms with Crippen LogP contribution in [0.15, 0.2) is 72.6 Å². The molecule has 0 radical (unpaired) electrons. The number of nitrogens with zero attached hydrogens (tertiary/aromatic N) is 1. The topological polar surface area (TPSA) is 21.7 Å². The number of hydrogen-bond acceptors (Lipinski definition) is 3. The van der Waals surface area contributed by atoms with Crippen molar-refractivity contribution >= 4 is 0 Å². The number of alkyl halides is 6. The Bertz CT molecular complexity index is 1210. The van der Waals surface area contributed by atoms with Gasteiger partial charge in [-0.3, -0.25) is 4.90 Å². The van der Waals surface area contributed by atoms with Crippen LogP contribution in [-0.2, 0) is 28.4 Å². The van der Waals surface area contributed by atoms with Crippen molar-refractivity contribution in [1.29, 1.82) is 0 Å². The molecule has 10 heteroatoms. The fraction of sp³-hybridized carbons (Fsp3) is 0.467. The molecule has 0 bridgehead atoms. The predicted molar refractivity (Wildman–Crippen MR) is 134 cm³/mol.